The Balaban J connectivity index is 0.663. The molecule has 19 aromatic rings. The molecule has 2 aliphatic heterocycles. The van der Waals surface area contributed by atoms with Gasteiger partial charge in [-0.15, -0.1) is 0 Å². The van der Waals surface area contributed by atoms with Gasteiger partial charge in [0.05, 0.1) is 0 Å². The summed E-state index contributed by atoms with van der Waals surface area (Å²) in [6.07, 6.45) is 26.4. The molecule has 0 N–H and O–H groups in total. The highest BCUT2D eigenvalue weighted by Gasteiger charge is 2.41. The number of aryl methyl sites for hydroxylation is 1. The van der Waals surface area contributed by atoms with Gasteiger partial charge in [0.25, 0.3) is 23.6 Å². The van der Waals surface area contributed by atoms with E-state index in [1.54, 1.807) is 9.80 Å². The maximum atomic E-state index is 15.1. The predicted octanol–water partition coefficient (Wildman–Crippen LogP) is 29.8. The molecule has 111 heavy (non-hydrogen) atoms. The highest BCUT2D eigenvalue weighted by Crippen LogP contribution is 2.56. The lowest BCUT2D eigenvalue weighted by molar-refractivity contribution is 0.0501. The second-order valence-electron chi connectivity index (χ2n) is 33.7. The lowest BCUT2D eigenvalue weighted by Crippen LogP contribution is -2.47. The molecule has 0 saturated heterocycles. The number of imide groups is 2. The molecule has 0 saturated carbocycles. The zero-order valence-corrected chi connectivity index (χ0v) is 64.9. The molecule has 6 nitrogen and oxygen atoms in total. The van der Waals surface area contributed by atoms with Crippen molar-refractivity contribution in [1.29, 1.82) is 0 Å². The van der Waals surface area contributed by atoms with Gasteiger partial charge in [0.15, 0.2) is 0 Å². The number of amides is 4. The lowest BCUT2D eigenvalue weighted by atomic mass is 9.79. The molecule has 4 amide bonds. The highest BCUT2D eigenvalue weighted by atomic mass is 16.2. The number of unbranched alkanes of at least 4 members (excludes halogenated alkanes) is 16. The van der Waals surface area contributed by atoms with Crippen LogP contribution in [-0.2, 0) is 0 Å². The number of nitrogens with zero attached hydrogens (tertiary/aromatic N) is 2. The summed E-state index contributed by atoms with van der Waals surface area (Å²) in [5, 5.41) is 40.3. The van der Waals surface area contributed by atoms with E-state index in [4.69, 9.17) is 0 Å². The molecule has 548 valence electrons. The Bertz CT molecular complexity index is 6780. The Kier molecular flexibility index (Phi) is 16.4. The van der Waals surface area contributed by atoms with Crippen molar-refractivity contribution in [3.8, 4) is 11.1 Å². The van der Waals surface area contributed by atoms with E-state index in [9.17, 15) is 0 Å². The molecule has 0 bridgehead atoms. The van der Waals surface area contributed by atoms with Crippen LogP contribution in [0.25, 0.3) is 194 Å². The maximum absolute atomic E-state index is 15.1. The Labute approximate surface area is 647 Å². The van der Waals surface area contributed by atoms with Gasteiger partial charge in [-0.25, -0.2) is 0 Å². The summed E-state index contributed by atoms with van der Waals surface area (Å²) in [5.41, 5.74) is 6.22. The molecule has 0 aliphatic carbocycles. The molecular formula is C105H94N2O4. The molecule has 6 heteroatoms. The molecule has 0 fully saturated rings. The normalized spacial score (nSPS) is 14.0. The number of carbonyl (C=O) groups is 4. The van der Waals surface area contributed by atoms with Gasteiger partial charge >= 0.3 is 0 Å². The predicted molar refractivity (Wildman–Crippen MR) is 472 cm³/mol. The zero-order chi connectivity index (χ0) is 74.8. The average molecular weight is 1450 g/mol. The van der Waals surface area contributed by atoms with Crippen molar-refractivity contribution in [1.82, 2.24) is 9.80 Å². The van der Waals surface area contributed by atoms with E-state index in [-0.39, 0.29) is 35.7 Å². The zero-order valence-electron chi connectivity index (χ0n) is 64.9. The van der Waals surface area contributed by atoms with Crippen LogP contribution >= 0.6 is 0 Å². The quantitative estimate of drug-likeness (QED) is 0.0223. The van der Waals surface area contributed by atoms with Gasteiger partial charge in [-0.05, 0) is 246 Å². The topological polar surface area (TPSA) is 74.8 Å². The van der Waals surface area contributed by atoms with Crippen LogP contribution in [0, 0.1) is 6.92 Å². The number of carbonyl (C=O) groups excluding carboxylic acids is 4. The summed E-state index contributed by atoms with van der Waals surface area (Å²) in [5.74, 6) is -0.536. The highest BCUT2D eigenvalue weighted by molar-refractivity contribution is 6.49. The third-order valence-electron chi connectivity index (χ3n) is 27.5. The standard InChI is InChI=1S/C105H94N2O4/c1-6-10-14-18-22-27-60(28-23-19-15-11-7-2)106-102(108)85-55-51-81-67-34-33-59(5)89-65(37-38-70(91(67)89)82-52-56-86(103(106)109)100(85)98(81)82)62-35-36-66-69-40-42-72-74-44-46-76-78-48-50-80-84-54-58-88-101-87(104(110)107(105(88)111)61(29-24-20-16-12-8-3)30-25-21-17-13-9-4)57-53-83(99(84)101)79-49-47-77(96(78)97(79)80)75-45-43-73(94(74)95(75)76)71-41-39-68(92(69)93(71)72)64-32-26-31-63(62)90(64)66/h26,31-58,60-61H,6-25,27-30H2,1-5H3. The van der Waals surface area contributed by atoms with Crippen LogP contribution in [-0.4, -0.2) is 45.5 Å². The van der Waals surface area contributed by atoms with Crippen molar-refractivity contribution >= 4 is 207 Å². The Morgan fingerprint density at radius 1 is 0.198 bits per heavy atom. The third-order valence-corrected chi connectivity index (χ3v) is 27.5. The molecule has 0 radical (unpaired) electrons. The average Bonchev–Trinajstić information content (AvgIpc) is 0.680. The van der Waals surface area contributed by atoms with Crippen LogP contribution < -0.4 is 0 Å². The summed E-state index contributed by atoms with van der Waals surface area (Å²) in [6.45, 7) is 11.2. The first-order chi connectivity index (χ1) is 54.6. The smallest absolute Gasteiger partial charge is 0.261 e. The first kappa shape index (κ1) is 68.2. The molecule has 21 rings (SSSR count). The minimum absolute atomic E-state index is 0.108. The first-order valence-electron chi connectivity index (χ1n) is 42.5. The van der Waals surface area contributed by atoms with E-state index in [2.05, 4.69) is 186 Å². The van der Waals surface area contributed by atoms with E-state index >= 15 is 19.2 Å². The molecule has 0 aromatic heterocycles. The van der Waals surface area contributed by atoms with Gasteiger partial charge in [-0.3, -0.25) is 29.0 Å². The summed E-state index contributed by atoms with van der Waals surface area (Å²) < 4.78 is 0. The van der Waals surface area contributed by atoms with Crippen LogP contribution in [0.3, 0.4) is 0 Å². The van der Waals surface area contributed by atoms with Crippen LogP contribution in [0.4, 0.5) is 0 Å². The lowest BCUT2D eigenvalue weighted by Gasteiger charge is -2.35. The largest absolute Gasteiger partial charge is 0.271 e. The van der Waals surface area contributed by atoms with Gasteiger partial charge in [-0.2, -0.15) is 0 Å². The van der Waals surface area contributed by atoms with Gasteiger partial charge in [-0.1, -0.05) is 308 Å². The molecule has 2 aliphatic rings. The fourth-order valence-electron chi connectivity index (χ4n) is 22.3. The second-order valence-corrected chi connectivity index (χ2v) is 33.7. The van der Waals surface area contributed by atoms with Gasteiger partial charge in [0.2, 0.25) is 0 Å². The Hall–Kier alpha value is -10.8. The third kappa shape index (κ3) is 9.86. The Morgan fingerprint density at radius 3 is 0.694 bits per heavy atom. The minimum atomic E-state index is -0.136. The number of hydrogen-bond acceptors (Lipinski definition) is 4. The van der Waals surface area contributed by atoms with Crippen LogP contribution in [0.1, 0.15) is 229 Å². The fraction of sp³-hybridized carbons (Fsp3) is 0.295. The van der Waals surface area contributed by atoms with Gasteiger partial charge in [0.1, 0.15) is 0 Å². The molecular weight excluding hydrogens is 1350 g/mol. The maximum Gasteiger partial charge on any atom is 0.261 e. The summed E-state index contributed by atoms with van der Waals surface area (Å²) >= 11 is 0. The van der Waals surface area contributed by atoms with Gasteiger partial charge < -0.3 is 0 Å². The molecule has 0 spiro atoms. The summed E-state index contributed by atoms with van der Waals surface area (Å²) in [4.78, 5) is 63.7. The van der Waals surface area contributed by atoms with Crippen molar-refractivity contribution in [2.75, 3.05) is 0 Å². The number of rotatable bonds is 27. The fourth-order valence-corrected chi connectivity index (χ4v) is 22.3. The molecule has 0 atom stereocenters. The SMILES string of the molecule is CCCCCCCC(CCCCCCC)N1C(=O)c2ccc3c4ccc(C)c5c(-c6ccc7c8ccc9c%10ccc%11c%12ccc%13c%14ccc%15c%16c(ccc(c%17ccc(c%18ccc(c%19ccc(c%20cccc6c%207)c8c%199)c%10c%18%11)c%12c%17%13)c%16%14)C(=O)N(C(CCCCCCC)CCCCCCC)C%15=O)ccc(c6ccc(c2c36)C1=O)c54. The van der Waals surface area contributed by atoms with E-state index < -0.39 is 0 Å². The first-order valence-corrected chi connectivity index (χ1v) is 42.5. The van der Waals surface area contributed by atoms with E-state index in [0.29, 0.717) is 22.3 Å². The molecule has 2 heterocycles. The van der Waals surface area contributed by atoms with Crippen molar-refractivity contribution in [3.63, 3.8) is 0 Å². The number of fused-ring (bicyclic) bond motifs is 10. The van der Waals surface area contributed by atoms with Crippen LogP contribution in [0.5, 0.6) is 0 Å². The monoisotopic (exact) mass is 1450 g/mol. The van der Waals surface area contributed by atoms with Crippen molar-refractivity contribution in [2.24, 2.45) is 0 Å². The second kappa shape index (κ2) is 26.7. The summed E-state index contributed by atoms with van der Waals surface area (Å²) in [6, 6.07) is 66.3. The van der Waals surface area contributed by atoms with Crippen LogP contribution in [0.2, 0.25) is 0 Å². The molecule has 19 aromatic carbocycles. The van der Waals surface area contributed by atoms with Crippen LogP contribution in [0.15, 0.2) is 176 Å². The van der Waals surface area contributed by atoms with Crippen molar-refractivity contribution < 1.29 is 19.2 Å². The molecule has 0 unspecified atom stereocenters. The number of benzene rings is 19. The minimum Gasteiger partial charge on any atom is -0.271 e. The summed E-state index contributed by atoms with van der Waals surface area (Å²) in [7, 11) is 0. The van der Waals surface area contributed by atoms with E-state index in [1.165, 1.54) is 212 Å². The van der Waals surface area contributed by atoms with Gasteiger partial charge in [0, 0.05) is 45.1 Å². The Morgan fingerprint density at radius 2 is 0.405 bits per heavy atom. The van der Waals surface area contributed by atoms with Crippen molar-refractivity contribution in [3.05, 3.63) is 204 Å². The van der Waals surface area contributed by atoms with E-state index in [0.717, 1.165) is 142 Å². The van der Waals surface area contributed by atoms with Crippen molar-refractivity contribution in [2.45, 2.75) is 201 Å². The number of hydrogen-bond donors (Lipinski definition) is 0. The van der Waals surface area contributed by atoms with E-state index in [1.807, 2.05) is 24.3 Å².